The number of hydrogen-bond acceptors (Lipinski definition) is 4. The summed E-state index contributed by atoms with van der Waals surface area (Å²) in [6.07, 6.45) is 1.13. The second-order valence-electron chi connectivity index (χ2n) is 11.1. The summed E-state index contributed by atoms with van der Waals surface area (Å²) in [5.41, 5.74) is 2.00. The van der Waals surface area contributed by atoms with Crippen LogP contribution < -0.4 is 10.6 Å². The highest BCUT2D eigenvalue weighted by molar-refractivity contribution is 5.93. The van der Waals surface area contributed by atoms with Crippen LogP contribution in [0.3, 0.4) is 0 Å². The molecular weight excluding hydrogens is 442 g/mol. The predicted octanol–water partition coefficient (Wildman–Crippen LogP) is 5.44. The summed E-state index contributed by atoms with van der Waals surface area (Å²) in [6.45, 7) is 20.8. The van der Waals surface area contributed by atoms with Gasteiger partial charge in [-0.25, -0.2) is 4.79 Å². The van der Waals surface area contributed by atoms with E-state index >= 15 is 0 Å². The molecule has 0 radical (unpaired) electrons. The van der Waals surface area contributed by atoms with Crippen LogP contribution in [0, 0.1) is 19.8 Å². The largest absolute Gasteiger partial charge is 0.444 e. The molecule has 0 bridgehead atoms. The van der Waals surface area contributed by atoms with Gasteiger partial charge in [0.2, 0.25) is 11.8 Å². The van der Waals surface area contributed by atoms with E-state index < -0.39 is 23.8 Å². The molecule has 1 aromatic carbocycles. The Labute approximate surface area is 212 Å². The number of nitrogens with zero attached hydrogens (tertiary/aromatic N) is 1. The number of carbonyl (C=O) groups excluding carboxylic acids is 3. The van der Waals surface area contributed by atoms with Crippen LogP contribution >= 0.6 is 0 Å². The molecule has 0 fully saturated rings. The van der Waals surface area contributed by atoms with Gasteiger partial charge in [0.15, 0.2) is 0 Å². The van der Waals surface area contributed by atoms with E-state index in [9.17, 15) is 14.4 Å². The first kappa shape index (κ1) is 30.5. The molecule has 0 aliphatic carbocycles. The summed E-state index contributed by atoms with van der Waals surface area (Å²) in [4.78, 5) is 42.0. The van der Waals surface area contributed by atoms with Crippen LogP contribution in [0.2, 0.25) is 0 Å². The Kier molecular flexibility index (Phi) is 11.3. The molecule has 0 saturated carbocycles. The van der Waals surface area contributed by atoms with Gasteiger partial charge in [0.25, 0.3) is 0 Å². The van der Waals surface area contributed by atoms with Crippen molar-refractivity contribution in [2.24, 2.45) is 5.92 Å². The first-order valence-corrected chi connectivity index (χ1v) is 12.8. The van der Waals surface area contributed by atoms with Gasteiger partial charge >= 0.3 is 6.09 Å². The summed E-state index contributed by atoms with van der Waals surface area (Å²) < 4.78 is 5.42. The third-order valence-electron chi connectivity index (χ3n) is 5.87. The molecular formula is C28H47N3O4. The minimum atomic E-state index is -0.847. The third kappa shape index (κ3) is 8.86. The van der Waals surface area contributed by atoms with Crippen molar-refractivity contribution in [3.63, 3.8) is 0 Å². The summed E-state index contributed by atoms with van der Waals surface area (Å²) in [5, 5.41) is 5.88. The molecule has 7 nitrogen and oxygen atoms in total. The van der Waals surface area contributed by atoms with E-state index in [1.54, 1.807) is 25.7 Å². The lowest BCUT2D eigenvalue weighted by atomic mass is 9.91. The second kappa shape index (κ2) is 12.9. The zero-order chi connectivity index (χ0) is 27.1. The highest BCUT2D eigenvalue weighted by Gasteiger charge is 2.40. The minimum absolute atomic E-state index is 0.0239. The highest BCUT2D eigenvalue weighted by atomic mass is 16.6. The van der Waals surface area contributed by atoms with Crippen LogP contribution in [-0.2, 0) is 14.3 Å². The van der Waals surface area contributed by atoms with E-state index in [1.807, 2.05) is 66.7 Å². The lowest BCUT2D eigenvalue weighted by molar-refractivity contribution is -0.145. The molecule has 198 valence electrons. The molecule has 3 unspecified atom stereocenters. The van der Waals surface area contributed by atoms with E-state index in [0.717, 1.165) is 29.5 Å². The summed E-state index contributed by atoms with van der Waals surface area (Å²) >= 11 is 0. The molecule has 35 heavy (non-hydrogen) atoms. The Morgan fingerprint density at radius 3 is 1.94 bits per heavy atom. The molecule has 1 rings (SSSR count). The van der Waals surface area contributed by atoms with Crippen molar-refractivity contribution in [3.8, 4) is 0 Å². The van der Waals surface area contributed by atoms with Crippen LogP contribution in [0.15, 0.2) is 18.2 Å². The SMILES string of the molecule is CCCC(C)NC(=O)C(c1c(C)cccc1C)N(C(=O)C(NC(=O)OC(C)(C)C)C(C)C)C(C)C. The summed E-state index contributed by atoms with van der Waals surface area (Å²) in [6, 6.07) is 3.87. The number of ether oxygens (including phenoxy) is 1. The van der Waals surface area contributed by atoms with E-state index in [4.69, 9.17) is 4.74 Å². The van der Waals surface area contributed by atoms with Crippen molar-refractivity contribution in [1.29, 1.82) is 0 Å². The lowest BCUT2D eigenvalue weighted by Crippen LogP contribution is -2.57. The van der Waals surface area contributed by atoms with Gasteiger partial charge in [0, 0.05) is 12.1 Å². The van der Waals surface area contributed by atoms with Crippen LogP contribution in [0.1, 0.15) is 97.9 Å². The van der Waals surface area contributed by atoms with Gasteiger partial charge in [-0.1, -0.05) is 45.4 Å². The van der Waals surface area contributed by atoms with Crippen molar-refractivity contribution in [2.75, 3.05) is 0 Å². The number of hydrogen-bond donors (Lipinski definition) is 2. The fourth-order valence-corrected chi connectivity index (χ4v) is 4.27. The van der Waals surface area contributed by atoms with Crippen molar-refractivity contribution >= 4 is 17.9 Å². The first-order valence-electron chi connectivity index (χ1n) is 12.8. The van der Waals surface area contributed by atoms with Gasteiger partial charge in [-0.15, -0.1) is 0 Å². The van der Waals surface area contributed by atoms with E-state index in [-0.39, 0.29) is 29.8 Å². The average molecular weight is 490 g/mol. The van der Waals surface area contributed by atoms with Crippen molar-refractivity contribution in [2.45, 2.75) is 119 Å². The van der Waals surface area contributed by atoms with Gasteiger partial charge in [-0.2, -0.15) is 0 Å². The Bertz CT molecular complexity index is 853. The monoisotopic (exact) mass is 489 g/mol. The molecule has 3 atom stereocenters. The van der Waals surface area contributed by atoms with Gasteiger partial charge in [-0.05, 0) is 84.4 Å². The Morgan fingerprint density at radius 2 is 1.51 bits per heavy atom. The maximum absolute atomic E-state index is 14.1. The number of aryl methyl sites for hydroxylation is 2. The van der Waals surface area contributed by atoms with Gasteiger partial charge < -0.3 is 20.3 Å². The number of amides is 3. The Hall–Kier alpha value is -2.57. The summed E-state index contributed by atoms with van der Waals surface area (Å²) in [5.74, 6) is -0.742. The molecule has 7 heteroatoms. The standard InChI is InChI=1S/C28H47N3O4/c1-12-14-21(8)29-25(32)24(22-19(6)15-13-16-20(22)7)31(18(4)5)26(33)23(17(2)3)30-27(34)35-28(9,10)11/h13,15-18,21,23-24H,12,14H2,1-11H3,(H,29,32)(H,30,34). The van der Waals surface area contributed by atoms with Gasteiger partial charge in [0.05, 0.1) is 0 Å². The third-order valence-corrected chi connectivity index (χ3v) is 5.87. The lowest BCUT2D eigenvalue weighted by Gasteiger charge is -2.39. The Balaban J connectivity index is 3.55. The molecule has 0 heterocycles. The van der Waals surface area contributed by atoms with Crippen molar-refractivity contribution in [1.82, 2.24) is 15.5 Å². The number of carbonyl (C=O) groups is 3. The smallest absolute Gasteiger partial charge is 0.408 e. The predicted molar refractivity (Wildman–Crippen MR) is 141 cm³/mol. The maximum Gasteiger partial charge on any atom is 0.408 e. The van der Waals surface area contributed by atoms with E-state index in [2.05, 4.69) is 17.6 Å². The fourth-order valence-electron chi connectivity index (χ4n) is 4.27. The summed E-state index contributed by atoms with van der Waals surface area (Å²) in [7, 11) is 0. The molecule has 0 spiro atoms. The van der Waals surface area contributed by atoms with Crippen LogP contribution in [0.5, 0.6) is 0 Å². The maximum atomic E-state index is 14.1. The quantitative estimate of drug-likeness (QED) is 0.458. The molecule has 0 aromatic heterocycles. The molecule has 0 aliphatic heterocycles. The first-order chi connectivity index (χ1) is 16.1. The zero-order valence-electron chi connectivity index (χ0n) is 23.6. The Morgan fingerprint density at radius 1 is 0.971 bits per heavy atom. The van der Waals surface area contributed by atoms with E-state index in [0.29, 0.717) is 0 Å². The molecule has 1 aromatic rings. The molecule has 3 amide bonds. The number of rotatable bonds is 10. The normalized spacial score (nSPS) is 14.3. The topological polar surface area (TPSA) is 87.7 Å². The average Bonchev–Trinajstić information content (AvgIpc) is 2.69. The minimum Gasteiger partial charge on any atom is -0.444 e. The number of benzene rings is 1. The van der Waals surface area contributed by atoms with Gasteiger partial charge in [0.1, 0.15) is 17.7 Å². The molecule has 2 N–H and O–H groups in total. The second-order valence-corrected chi connectivity index (χ2v) is 11.1. The number of alkyl carbamates (subject to hydrolysis) is 1. The van der Waals surface area contributed by atoms with E-state index in [1.165, 1.54) is 0 Å². The zero-order valence-corrected chi connectivity index (χ0v) is 23.6. The van der Waals surface area contributed by atoms with Crippen LogP contribution in [0.25, 0.3) is 0 Å². The van der Waals surface area contributed by atoms with Crippen LogP contribution in [-0.4, -0.2) is 46.5 Å². The highest BCUT2D eigenvalue weighted by Crippen LogP contribution is 2.31. The van der Waals surface area contributed by atoms with Crippen molar-refractivity contribution in [3.05, 3.63) is 34.9 Å². The fraction of sp³-hybridized carbons (Fsp3) is 0.679. The van der Waals surface area contributed by atoms with Crippen LogP contribution in [0.4, 0.5) is 4.79 Å². The molecule has 0 saturated heterocycles. The van der Waals surface area contributed by atoms with Crippen molar-refractivity contribution < 1.29 is 19.1 Å². The van der Waals surface area contributed by atoms with Gasteiger partial charge in [-0.3, -0.25) is 9.59 Å². The molecule has 0 aliphatic rings. The number of nitrogens with one attached hydrogen (secondary N) is 2.